The largest absolute Gasteiger partial charge is 0.345 e. The minimum atomic E-state index is -0.329. The Morgan fingerprint density at radius 1 is 1.08 bits per heavy atom. The van der Waals surface area contributed by atoms with Crippen LogP contribution in [-0.2, 0) is 14.4 Å². The number of benzene rings is 1. The molecule has 0 spiro atoms. The second-order valence-corrected chi connectivity index (χ2v) is 6.61. The van der Waals surface area contributed by atoms with Crippen molar-refractivity contribution >= 4 is 23.4 Å². The molecule has 0 saturated heterocycles. The third-order valence-corrected chi connectivity index (χ3v) is 3.52. The standard InChI is InChI=1S/C19H29N3O3/c1-5-6-19(25)22(12-14(2)3)13-18(24)20-11-17(23)21-16-9-7-15(4)8-10-16/h7-10,14H,5-6,11-13H2,1-4H3,(H,20,24)(H,21,23). The highest BCUT2D eigenvalue weighted by atomic mass is 16.2. The average molecular weight is 347 g/mol. The summed E-state index contributed by atoms with van der Waals surface area (Å²) in [6.45, 7) is 8.29. The van der Waals surface area contributed by atoms with E-state index in [0.29, 0.717) is 18.7 Å². The lowest BCUT2D eigenvalue weighted by Gasteiger charge is -2.24. The molecule has 25 heavy (non-hydrogen) atoms. The number of aryl methyl sites for hydroxylation is 1. The van der Waals surface area contributed by atoms with E-state index < -0.39 is 0 Å². The number of amides is 3. The Morgan fingerprint density at radius 3 is 2.28 bits per heavy atom. The Balaban J connectivity index is 2.46. The fourth-order valence-electron chi connectivity index (χ4n) is 2.32. The molecule has 0 bridgehead atoms. The van der Waals surface area contributed by atoms with Gasteiger partial charge in [-0.1, -0.05) is 38.5 Å². The van der Waals surface area contributed by atoms with Crippen LogP contribution in [0.4, 0.5) is 5.69 Å². The van der Waals surface area contributed by atoms with Crippen molar-refractivity contribution in [1.82, 2.24) is 10.2 Å². The first kappa shape index (κ1) is 20.7. The van der Waals surface area contributed by atoms with Gasteiger partial charge in [-0.3, -0.25) is 14.4 Å². The summed E-state index contributed by atoms with van der Waals surface area (Å²) in [5.41, 5.74) is 1.79. The third kappa shape index (κ3) is 8.33. The van der Waals surface area contributed by atoms with Gasteiger partial charge < -0.3 is 15.5 Å². The Morgan fingerprint density at radius 2 is 1.72 bits per heavy atom. The van der Waals surface area contributed by atoms with Crippen LogP contribution in [0.3, 0.4) is 0 Å². The van der Waals surface area contributed by atoms with Crippen molar-refractivity contribution in [1.29, 1.82) is 0 Å². The van der Waals surface area contributed by atoms with Crippen LogP contribution >= 0.6 is 0 Å². The van der Waals surface area contributed by atoms with Gasteiger partial charge in [0.15, 0.2) is 0 Å². The first-order valence-corrected chi connectivity index (χ1v) is 8.72. The van der Waals surface area contributed by atoms with E-state index in [1.54, 1.807) is 4.90 Å². The normalized spacial score (nSPS) is 10.4. The number of nitrogens with one attached hydrogen (secondary N) is 2. The summed E-state index contributed by atoms with van der Waals surface area (Å²) in [4.78, 5) is 37.6. The first-order chi connectivity index (χ1) is 11.8. The quantitative estimate of drug-likeness (QED) is 0.720. The number of nitrogens with zero attached hydrogens (tertiary/aromatic N) is 1. The van der Waals surface area contributed by atoms with Crippen LogP contribution in [0.1, 0.15) is 39.2 Å². The maximum atomic E-state index is 12.1. The SMILES string of the molecule is CCCC(=O)N(CC(=O)NCC(=O)Nc1ccc(C)cc1)CC(C)C. The molecule has 1 aromatic rings. The molecule has 0 unspecified atom stereocenters. The topological polar surface area (TPSA) is 78.5 Å². The third-order valence-electron chi connectivity index (χ3n) is 3.52. The zero-order chi connectivity index (χ0) is 18.8. The molecule has 0 fully saturated rings. The van der Waals surface area contributed by atoms with Gasteiger partial charge in [-0.2, -0.15) is 0 Å². The number of carbonyl (C=O) groups is 3. The molecule has 0 aromatic heterocycles. The van der Waals surface area contributed by atoms with Crippen LogP contribution in [0.15, 0.2) is 24.3 Å². The van der Waals surface area contributed by atoms with Gasteiger partial charge in [0.2, 0.25) is 17.7 Å². The van der Waals surface area contributed by atoms with Crippen molar-refractivity contribution in [2.45, 2.75) is 40.5 Å². The van der Waals surface area contributed by atoms with E-state index in [1.165, 1.54) is 0 Å². The maximum Gasteiger partial charge on any atom is 0.243 e. The Labute approximate surface area is 150 Å². The highest BCUT2D eigenvalue weighted by molar-refractivity contribution is 5.95. The second kappa shape index (κ2) is 10.5. The zero-order valence-electron chi connectivity index (χ0n) is 15.6. The highest BCUT2D eigenvalue weighted by Crippen LogP contribution is 2.08. The van der Waals surface area contributed by atoms with Gasteiger partial charge >= 0.3 is 0 Å². The van der Waals surface area contributed by atoms with Crippen LogP contribution in [-0.4, -0.2) is 42.3 Å². The van der Waals surface area contributed by atoms with Gasteiger partial charge in [0.1, 0.15) is 0 Å². The van der Waals surface area contributed by atoms with E-state index in [9.17, 15) is 14.4 Å². The molecular formula is C19H29N3O3. The number of carbonyl (C=O) groups excluding carboxylic acids is 3. The molecule has 2 N–H and O–H groups in total. The van der Waals surface area contributed by atoms with Gasteiger partial charge in [-0.25, -0.2) is 0 Å². The molecule has 0 aliphatic rings. The predicted molar refractivity (Wildman–Crippen MR) is 99.1 cm³/mol. The second-order valence-electron chi connectivity index (χ2n) is 6.61. The van der Waals surface area contributed by atoms with Crippen molar-refractivity contribution in [3.63, 3.8) is 0 Å². The lowest BCUT2D eigenvalue weighted by atomic mass is 10.2. The minimum Gasteiger partial charge on any atom is -0.345 e. The smallest absolute Gasteiger partial charge is 0.243 e. The van der Waals surface area contributed by atoms with Crippen molar-refractivity contribution in [2.75, 3.05) is 25.0 Å². The molecule has 3 amide bonds. The molecule has 0 aliphatic heterocycles. The van der Waals surface area contributed by atoms with Gasteiger partial charge in [0.05, 0.1) is 13.1 Å². The van der Waals surface area contributed by atoms with Crippen LogP contribution in [0.2, 0.25) is 0 Å². The number of hydrogen-bond acceptors (Lipinski definition) is 3. The zero-order valence-corrected chi connectivity index (χ0v) is 15.6. The molecule has 6 nitrogen and oxygen atoms in total. The van der Waals surface area contributed by atoms with E-state index in [2.05, 4.69) is 10.6 Å². The molecule has 0 heterocycles. The Hall–Kier alpha value is -2.37. The van der Waals surface area contributed by atoms with Crippen molar-refractivity contribution < 1.29 is 14.4 Å². The first-order valence-electron chi connectivity index (χ1n) is 8.72. The summed E-state index contributed by atoms with van der Waals surface area (Å²) in [6, 6.07) is 7.42. The van der Waals surface area contributed by atoms with Gasteiger partial charge in [0, 0.05) is 18.7 Å². The van der Waals surface area contributed by atoms with Crippen LogP contribution in [0.25, 0.3) is 0 Å². The van der Waals surface area contributed by atoms with Crippen LogP contribution in [0.5, 0.6) is 0 Å². The number of rotatable bonds is 9. The molecular weight excluding hydrogens is 318 g/mol. The molecule has 6 heteroatoms. The average Bonchev–Trinajstić information content (AvgIpc) is 2.54. The number of hydrogen-bond donors (Lipinski definition) is 2. The van der Waals surface area contributed by atoms with Crippen molar-refractivity contribution in [3.05, 3.63) is 29.8 Å². The van der Waals surface area contributed by atoms with Crippen molar-refractivity contribution in [2.24, 2.45) is 5.92 Å². The number of anilines is 1. The Kier molecular flexibility index (Phi) is 8.67. The van der Waals surface area contributed by atoms with Crippen molar-refractivity contribution in [3.8, 4) is 0 Å². The summed E-state index contributed by atoms with van der Waals surface area (Å²) in [6.07, 6.45) is 1.17. The summed E-state index contributed by atoms with van der Waals surface area (Å²) >= 11 is 0. The van der Waals surface area contributed by atoms with Crippen LogP contribution in [0, 0.1) is 12.8 Å². The van der Waals surface area contributed by atoms with E-state index in [4.69, 9.17) is 0 Å². The maximum absolute atomic E-state index is 12.1. The van der Waals surface area contributed by atoms with Gasteiger partial charge in [-0.15, -0.1) is 0 Å². The molecule has 0 saturated carbocycles. The fraction of sp³-hybridized carbons (Fsp3) is 0.526. The molecule has 1 rings (SSSR count). The van der Waals surface area contributed by atoms with Crippen LogP contribution < -0.4 is 10.6 Å². The molecule has 0 radical (unpaired) electrons. The van der Waals surface area contributed by atoms with E-state index in [-0.39, 0.29) is 36.7 Å². The predicted octanol–water partition coefficient (Wildman–Crippen LogP) is 2.33. The fourth-order valence-corrected chi connectivity index (χ4v) is 2.32. The minimum absolute atomic E-state index is 0.0190. The molecule has 138 valence electrons. The lowest BCUT2D eigenvalue weighted by Crippen LogP contribution is -2.44. The molecule has 0 atom stereocenters. The van der Waals surface area contributed by atoms with E-state index in [0.717, 1.165) is 12.0 Å². The highest BCUT2D eigenvalue weighted by Gasteiger charge is 2.17. The van der Waals surface area contributed by atoms with Gasteiger partial charge in [-0.05, 0) is 31.4 Å². The summed E-state index contributed by atoms with van der Waals surface area (Å²) in [5.74, 6) is -0.384. The molecule has 1 aromatic carbocycles. The summed E-state index contributed by atoms with van der Waals surface area (Å²) in [5, 5.41) is 5.29. The summed E-state index contributed by atoms with van der Waals surface area (Å²) in [7, 11) is 0. The lowest BCUT2D eigenvalue weighted by molar-refractivity contribution is -0.136. The van der Waals surface area contributed by atoms with E-state index >= 15 is 0 Å². The van der Waals surface area contributed by atoms with Gasteiger partial charge in [0.25, 0.3) is 0 Å². The van der Waals surface area contributed by atoms with E-state index in [1.807, 2.05) is 52.0 Å². The summed E-state index contributed by atoms with van der Waals surface area (Å²) < 4.78 is 0. The monoisotopic (exact) mass is 347 g/mol. The Bertz CT molecular complexity index is 582. The molecule has 0 aliphatic carbocycles.